The molecule has 3 atom stereocenters. The molecule has 1 fully saturated rings. The summed E-state index contributed by atoms with van der Waals surface area (Å²) in [5.41, 5.74) is 1.55. The summed E-state index contributed by atoms with van der Waals surface area (Å²) in [6.45, 7) is 4.69. The number of hydrogen-bond donors (Lipinski definition) is 1. The summed E-state index contributed by atoms with van der Waals surface area (Å²) < 4.78 is 0. The SMILES string of the molecule is CCC(CC)CC1CC(c2ccccc2)CCC1NC. The van der Waals surface area contributed by atoms with Gasteiger partial charge >= 0.3 is 0 Å². The molecule has 1 aliphatic carbocycles. The Balaban J connectivity index is 2.03. The summed E-state index contributed by atoms with van der Waals surface area (Å²) in [6.07, 6.45) is 8.11. The van der Waals surface area contributed by atoms with Gasteiger partial charge in [-0.1, -0.05) is 57.0 Å². The Morgan fingerprint density at radius 1 is 1.10 bits per heavy atom. The average molecular weight is 273 g/mol. The van der Waals surface area contributed by atoms with Crippen LogP contribution < -0.4 is 5.32 Å². The quantitative estimate of drug-likeness (QED) is 0.770. The van der Waals surface area contributed by atoms with Crippen LogP contribution in [0, 0.1) is 11.8 Å². The minimum atomic E-state index is 0.732. The van der Waals surface area contributed by atoms with Gasteiger partial charge in [-0.05, 0) is 56.0 Å². The van der Waals surface area contributed by atoms with E-state index in [2.05, 4.69) is 56.5 Å². The molecule has 112 valence electrons. The minimum absolute atomic E-state index is 0.732. The van der Waals surface area contributed by atoms with Crippen LogP contribution >= 0.6 is 0 Å². The maximum atomic E-state index is 3.58. The number of rotatable bonds is 6. The first-order chi connectivity index (χ1) is 9.78. The van der Waals surface area contributed by atoms with Crippen LogP contribution in [0.15, 0.2) is 30.3 Å². The van der Waals surface area contributed by atoms with Crippen molar-refractivity contribution in [3.05, 3.63) is 35.9 Å². The molecular formula is C19H31N. The summed E-state index contributed by atoms with van der Waals surface area (Å²) in [6, 6.07) is 11.9. The van der Waals surface area contributed by atoms with Gasteiger partial charge in [0.25, 0.3) is 0 Å². The molecule has 1 nitrogen and oxygen atoms in total. The van der Waals surface area contributed by atoms with Crippen molar-refractivity contribution in [2.75, 3.05) is 7.05 Å². The largest absolute Gasteiger partial charge is 0.317 e. The molecule has 3 unspecified atom stereocenters. The summed E-state index contributed by atoms with van der Waals surface area (Å²) in [7, 11) is 2.15. The molecule has 0 spiro atoms. The molecule has 1 heteroatoms. The Morgan fingerprint density at radius 3 is 2.40 bits per heavy atom. The van der Waals surface area contributed by atoms with Gasteiger partial charge in [-0.15, -0.1) is 0 Å². The van der Waals surface area contributed by atoms with E-state index < -0.39 is 0 Å². The van der Waals surface area contributed by atoms with Crippen LogP contribution in [-0.2, 0) is 0 Å². The second-order valence-electron chi connectivity index (χ2n) is 6.49. The topological polar surface area (TPSA) is 12.0 Å². The van der Waals surface area contributed by atoms with Crippen molar-refractivity contribution in [2.45, 2.75) is 64.3 Å². The molecule has 0 amide bonds. The van der Waals surface area contributed by atoms with Crippen molar-refractivity contribution < 1.29 is 0 Å². The highest BCUT2D eigenvalue weighted by Crippen LogP contribution is 2.39. The van der Waals surface area contributed by atoms with Crippen LogP contribution in [0.1, 0.15) is 63.9 Å². The number of nitrogens with one attached hydrogen (secondary N) is 1. The molecule has 2 rings (SSSR count). The van der Waals surface area contributed by atoms with E-state index in [1.54, 1.807) is 5.56 Å². The summed E-state index contributed by atoms with van der Waals surface area (Å²) in [5.74, 6) is 2.54. The number of hydrogen-bond acceptors (Lipinski definition) is 1. The summed E-state index contributed by atoms with van der Waals surface area (Å²) in [4.78, 5) is 0. The first-order valence-electron chi connectivity index (χ1n) is 8.50. The molecule has 1 N–H and O–H groups in total. The van der Waals surface area contributed by atoms with Crippen molar-refractivity contribution in [1.29, 1.82) is 0 Å². The van der Waals surface area contributed by atoms with Gasteiger partial charge in [0, 0.05) is 6.04 Å². The molecule has 1 aliphatic rings. The Morgan fingerprint density at radius 2 is 1.80 bits per heavy atom. The lowest BCUT2D eigenvalue weighted by Gasteiger charge is -2.38. The zero-order chi connectivity index (χ0) is 14.4. The van der Waals surface area contributed by atoms with Gasteiger partial charge in [0.05, 0.1) is 0 Å². The van der Waals surface area contributed by atoms with Crippen LogP contribution in [0.25, 0.3) is 0 Å². The standard InChI is InChI=1S/C19H31N/c1-4-15(5-2)13-18-14-17(11-12-19(18)20-3)16-9-7-6-8-10-16/h6-10,15,17-20H,4-5,11-14H2,1-3H3. The highest BCUT2D eigenvalue weighted by molar-refractivity contribution is 5.20. The molecule has 0 aromatic heterocycles. The fourth-order valence-corrected chi connectivity index (χ4v) is 3.98. The molecule has 0 heterocycles. The highest BCUT2D eigenvalue weighted by atomic mass is 14.9. The van der Waals surface area contributed by atoms with E-state index in [4.69, 9.17) is 0 Å². The third-order valence-corrected chi connectivity index (χ3v) is 5.41. The zero-order valence-electron chi connectivity index (χ0n) is 13.4. The maximum Gasteiger partial charge on any atom is 0.00928 e. The molecule has 0 radical (unpaired) electrons. The van der Waals surface area contributed by atoms with E-state index in [0.717, 1.165) is 23.8 Å². The normalized spacial score (nSPS) is 26.9. The Bertz CT molecular complexity index is 369. The van der Waals surface area contributed by atoms with Gasteiger partial charge in [0.2, 0.25) is 0 Å². The van der Waals surface area contributed by atoms with Crippen molar-refractivity contribution in [3.8, 4) is 0 Å². The lowest BCUT2D eigenvalue weighted by molar-refractivity contribution is 0.205. The predicted octanol–water partition coefficient (Wildman–Crippen LogP) is 4.98. The van der Waals surface area contributed by atoms with E-state index in [0.29, 0.717) is 0 Å². The first-order valence-corrected chi connectivity index (χ1v) is 8.50. The highest BCUT2D eigenvalue weighted by Gasteiger charge is 2.31. The lowest BCUT2D eigenvalue weighted by Crippen LogP contribution is -2.39. The van der Waals surface area contributed by atoms with Gasteiger partial charge in [0.1, 0.15) is 0 Å². The molecule has 20 heavy (non-hydrogen) atoms. The zero-order valence-corrected chi connectivity index (χ0v) is 13.4. The predicted molar refractivity (Wildman–Crippen MR) is 88.1 cm³/mol. The fraction of sp³-hybridized carbons (Fsp3) is 0.684. The molecule has 1 aromatic rings. The second kappa shape index (κ2) is 7.83. The van der Waals surface area contributed by atoms with Crippen molar-refractivity contribution >= 4 is 0 Å². The van der Waals surface area contributed by atoms with Gasteiger partial charge in [-0.2, -0.15) is 0 Å². The van der Waals surface area contributed by atoms with Crippen LogP contribution in [0.3, 0.4) is 0 Å². The molecule has 0 saturated heterocycles. The molecule has 0 aliphatic heterocycles. The monoisotopic (exact) mass is 273 g/mol. The van der Waals surface area contributed by atoms with Crippen LogP contribution in [0.5, 0.6) is 0 Å². The Hall–Kier alpha value is -0.820. The van der Waals surface area contributed by atoms with Gasteiger partial charge in [0.15, 0.2) is 0 Å². The van der Waals surface area contributed by atoms with E-state index >= 15 is 0 Å². The third kappa shape index (κ3) is 3.85. The first kappa shape index (κ1) is 15.6. The van der Waals surface area contributed by atoms with Crippen molar-refractivity contribution in [2.24, 2.45) is 11.8 Å². The Labute approximate surface area is 125 Å². The third-order valence-electron chi connectivity index (χ3n) is 5.41. The van der Waals surface area contributed by atoms with E-state index in [1.807, 2.05) is 0 Å². The fourth-order valence-electron chi connectivity index (χ4n) is 3.98. The van der Waals surface area contributed by atoms with Gasteiger partial charge < -0.3 is 5.32 Å². The van der Waals surface area contributed by atoms with Crippen LogP contribution in [-0.4, -0.2) is 13.1 Å². The molecule has 1 aromatic carbocycles. The smallest absolute Gasteiger partial charge is 0.00928 e. The summed E-state index contributed by atoms with van der Waals surface area (Å²) >= 11 is 0. The molecule has 0 bridgehead atoms. The van der Waals surface area contributed by atoms with Crippen molar-refractivity contribution in [3.63, 3.8) is 0 Å². The van der Waals surface area contributed by atoms with Gasteiger partial charge in [-0.25, -0.2) is 0 Å². The van der Waals surface area contributed by atoms with Crippen LogP contribution in [0.4, 0.5) is 0 Å². The summed E-state index contributed by atoms with van der Waals surface area (Å²) in [5, 5.41) is 3.58. The lowest BCUT2D eigenvalue weighted by atomic mass is 9.71. The van der Waals surface area contributed by atoms with Crippen LogP contribution in [0.2, 0.25) is 0 Å². The second-order valence-corrected chi connectivity index (χ2v) is 6.49. The van der Waals surface area contributed by atoms with Crippen molar-refractivity contribution in [1.82, 2.24) is 5.32 Å². The van der Waals surface area contributed by atoms with E-state index in [1.165, 1.54) is 38.5 Å². The molecule has 1 saturated carbocycles. The maximum absolute atomic E-state index is 3.58. The van der Waals surface area contributed by atoms with E-state index in [-0.39, 0.29) is 0 Å². The minimum Gasteiger partial charge on any atom is -0.317 e. The number of benzene rings is 1. The Kier molecular flexibility index (Phi) is 6.09. The average Bonchev–Trinajstić information content (AvgIpc) is 2.53. The van der Waals surface area contributed by atoms with Gasteiger partial charge in [-0.3, -0.25) is 0 Å². The molecular weight excluding hydrogens is 242 g/mol. The van der Waals surface area contributed by atoms with E-state index in [9.17, 15) is 0 Å².